The molecule has 1 unspecified atom stereocenters. The Morgan fingerprint density at radius 3 is 2.80 bits per heavy atom. The summed E-state index contributed by atoms with van der Waals surface area (Å²) < 4.78 is 2.17. The fourth-order valence-electron chi connectivity index (χ4n) is 2.29. The summed E-state index contributed by atoms with van der Waals surface area (Å²) in [7, 11) is 2.15. The molecule has 1 atom stereocenters. The van der Waals surface area contributed by atoms with E-state index in [1.165, 1.54) is 0 Å². The molecular weight excluding hydrogens is 293 g/mol. The normalized spacial score (nSPS) is 13.3. The number of fused-ring (bicyclic) bond motifs is 1. The van der Waals surface area contributed by atoms with Gasteiger partial charge in [-0.2, -0.15) is 0 Å². The van der Waals surface area contributed by atoms with Crippen LogP contribution in [0.1, 0.15) is 26.1 Å². The van der Waals surface area contributed by atoms with Gasteiger partial charge in [0.1, 0.15) is 5.82 Å². The quantitative estimate of drug-likeness (QED) is 0.747. The smallest absolute Gasteiger partial charge is 0.124 e. The first-order valence-electron chi connectivity index (χ1n) is 6.97. The summed E-state index contributed by atoms with van der Waals surface area (Å²) in [6.07, 6.45) is 1.15. The van der Waals surface area contributed by atoms with Crippen molar-refractivity contribution in [1.82, 2.24) is 14.5 Å². The maximum Gasteiger partial charge on any atom is 0.124 e. The van der Waals surface area contributed by atoms with Gasteiger partial charge in [-0.3, -0.25) is 0 Å². The van der Waals surface area contributed by atoms with Crippen molar-refractivity contribution >= 4 is 34.2 Å². The highest BCUT2D eigenvalue weighted by molar-refractivity contribution is 6.31. The Kier molecular flexibility index (Phi) is 5.30. The van der Waals surface area contributed by atoms with Gasteiger partial charge in [-0.1, -0.05) is 18.5 Å². The van der Waals surface area contributed by atoms with Crippen molar-refractivity contribution in [3.8, 4) is 0 Å². The van der Waals surface area contributed by atoms with E-state index in [4.69, 9.17) is 23.2 Å². The number of hydrogen-bond acceptors (Lipinski definition) is 2. The molecule has 20 heavy (non-hydrogen) atoms. The van der Waals surface area contributed by atoms with Gasteiger partial charge in [-0.05, 0) is 38.6 Å². The number of imidazole rings is 1. The molecule has 1 aromatic heterocycles. The number of nitrogens with zero attached hydrogens (tertiary/aromatic N) is 3. The predicted octanol–water partition coefficient (Wildman–Crippen LogP) is 4.16. The predicted molar refractivity (Wildman–Crippen MR) is 86.7 cm³/mol. The number of rotatable bonds is 6. The maximum atomic E-state index is 6.09. The Morgan fingerprint density at radius 1 is 1.40 bits per heavy atom. The first-order chi connectivity index (χ1) is 9.56. The lowest BCUT2D eigenvalue weighted by atomic mass is 10.2. The molecular formula is C15H21Cl2N3. The average molecular weight is 314 g/mol. The second kappa shape index (κ2) is 6.79. The molecule has 0 radical (unpaired) electrons. The standard InChI is InChI=1S/C15H21Cl2N3/c1-4-11(2)19(3)7-8-20-14-9-12(17)5-6-13(14)18-15(20)10-16/h5-6,9,11H,4,7-8,10H2,1-3H3. The van der Waals surface area contributed by atoms with Gasteiger partial charge in [0.25, 0.3) is 0 Å². The molecule has 2 aromatic rings. The second-order valence-electron chi connectivity index (χ2n) is 5.18. The molecule has 0 amide bonds. The number of alkyl halides is 1. The van der Waals surface area contributed by atoms with E-state index < -0.39 is 0 Å². The lowest BCUT2D eigenvalue weighted by Crippen LogP contribution is -2.31. The third-order valence-electron chi connectivity index (χ3n) is 3.93. The average Bonchev–Trinajstić information content (AvgIpc) is 2.80. The van der Waals surface area contributed by atoms with Crippen LogP contribution in [-0.4, -0.2) is 34.1 Å². The molecule has 3 nitrogen and oxygen atoms in total. The third-order valence-corrected chi connectivity index (χ3v) is 4.40. The summed E-state index contributed by atoms with van der Waals surface area (Å²) in [5.41, 5.74) is 2.02. The molecule has 110 valence electrons. The first kappa shape index (κ1) is 15.6. The monoisotopic (exact) mass is 313 g/mol. The van der Waals surface area contributed by atoms with Gasteiger partial charge in [0, 0.05) is 24.2 Å². The van der Waals surface area contributed by atoms with Gasteiger partial charge in [0.05, 0.1) is 16.9 Å². The summed E-state index contributed by atoms with van der Waals surface area (Å²) in [6.45, 7) is 6.29. The van der Waals surface area contributed by atoms with Crippen LogP contribution in [-0.2, 0) is 12.4 Å². The number of likely N-dealkylation sites (N-methyl/N-ethyl adjacent to an activating group) is 1. The molecule has 2 rings (SSSR count). The molecule has 0 fully saturated rings. The van der Waals surface area contributed by atoms with Crippen LogP contribution < -0.4 is 0 Å². The zero-order valence-electron chi connectivity index (χ0n) is 12.2. The van der Waals surface area contributed by atoms with Gasteiger partial charge in [-0.15, -0.1) is 11.6 Å². The highest BCUT2D eigenvalue weighted by atomic mass is 35.5. The van der Waals surface area contributed by atoms with E-state index in [0.717, 1.165) is 41.4 Å². The lowest BCUT2D eigenvalue weighted by molar-refractivity contribution is 0.243. The second-order valence-corrected chi connectivity index (χ2v) is 5.89. The molecule has 1 heterocycles. The van der Waals surface area contributed by atoms with E-state index >= 15 is 0 Å². The van der Waals surface area contributed by atoms with E-state index in [1.54, 1.807) is 0 Å². The summed E-state index contributed by atoms with van der Waals surface area (Å²) in [5.74, 6) is 1.32. The Balaban J connectivity index is 2.25. The SMILES string of the molecule is CCC(C)N(C)CCn1c(CCl)nc2ccc(Cl)cc21. The minimum absolute atomic E-state index is 0.416. The largest absolute Gasteiger partial charge is 0.326 e. The molecule has 0 aliphatic heterocycles. The van der Waals surface area contributed by atoms with E-state index in [-0.39, 0.29) is 0 Å². The van der Waals surface area contributed by atoms with Gasteiger partial charge < -0.3 is 9.47 Å². The molecule has 0 aliphatic rings. The molecule has 1 aromatic carbocycles. The Labute approximate surface area is 130 Å². The highest BCUT2D eigenvalue weighted by Gasteiger charge is 2.12. The highest BCUT2D eigenvalue weighted by Crippen LogP contribution is 2.21. The fraction of sp³-hybridized carbons (Fsp3) is 0.533. The zero-order valence-corrected chi connectivity index (χ0v) is 13.7. The molecule has 0 saturated carbocycles. The van der Waals surface area contributed by atoms with E-state index in [9.17, 15) is 0 Å². The van der Waals surface area contributed by atoms with Crippen molar-refractivity contribution in [1.29, 1.82) is 0 Å². The summed E-state index contributed by atoms with van der Waals surface area (Å²) in [5, 5.41) is 0.732. The Morgan fingerprint density at radius 2 is 2.15 bits per heavy atom. The van der Waals surface area contributed by atoms with Crippen molar-refractivity contribution < 1.29 is 0 Å². The zero-order chi connectivity index (χ0) is 14.7. The first-order valence-corrected chi connectivity index (χ1v) is 7.89. The Bertz CT molecular complexity index is 580. The van der Waals surface area contributed by atoms with E-state index in [0.29, 0.717) is 11.9 Å². The minimum Gasteiger partial charge on any atom is -0.326 e. The summed E-state index contributed by atoms with van der Waals surface area (Å²) >= 11 is 12.1. The third kappa shape index (κ3) is 3.27. The van der Waals surface area contributed by atoms with Crippen molar-refractivity contribution in [2.24, 2.45) is 0 Å². The van der Waals surface area contributed by atoms with Crippen molar-refractivity contribution in [3.63, 3.8) is 0 Å². The lowest BCUT2D eigenvalue weighted by Gasteiger charge is -2.24. The Hall–Kier alpha value is -0.770. The summed E-state index contributed by atoms with van der Waals surface area (Å²) in [4.78, 5) is 6.92. The van der Waals surface area contributed by atoms with Gasteiger partial charge >= 0.3 is 0 Å². The topological polar surface area (TPSA) is 21.1 Å². The molecule has 0 saturated heterocycles. The van der Waals surface area contributed by atoms with Gasteiger partial charge in [0.2, 0.25) is 0 Å². The van der Waals surface area contributed by atoms with E-state index in [1.807, 2.05) is 18.2 Å². The van der Waals surface area contributed by atoms with Gasteiger partial charge in [0.15, 0.2) is 0 Å². The van der Waals surface area contributed by atoms with Gasteiger partial charge in [-0.25, -0.2) is 4.98 Å². The molecule has 0 bridgehead atoms. The number of aromatic nitrogens is 2. The van der Waals surface area contributed by atoms with Crippen LogP contribution in [0.2, 0.25) is 5.02 Å². The van der Waals surface area contributed by atoms with Crippen LogP contribution in [0.25, 0.3) is 11.0 Å². The maximum absolute atomic E-state index is 6.09. The van der Waals surface area contributed by atoms with Crippen LogP contribution in [0.3, 0.4) is 0 Å². The van der Waals surface area contributed by atoms with Crippen LogP contribution >= 0.6 is 23.2 Å². The van der Waals surface area contributed by atoms with Crippen LogP contribution in [0.4, 0.5) is 0 Å². The van der Waals surface area contributed by atoms with E-state index in [2.05, 4.69) is 35.3 Å². The minimum atomic E-state index is 0.416. The number of hydrogen-bond donors (Lipinski definition) is 0. The summed E-state index contributed by atoms with van der Waals surface area (Å²) in [6, 6.07) is 6.35. The number of benzene rings is 1. The van der Waals surface area contributed by atoms with Crippen LogP contribution in [0, 0.1) is 0 Å². The van der Waals surface area contributed by atoms with Crippen LogP contribution in [0.5, 0.6) is 0 Å². The van der Waals surface area contributed by atoms with Crippen molar-refractivity contribution in [3.05, 3.63) is 29.0 Å². The molecule has 0 spiro atoms. The number of halogens is 2. The molecule has 5 heteroatoms. The van der Waals surface area contributed by atoms with Crippen molar-refractivity contribution in [2.75, 3.05) is 13.6 Å². The molecule has 0 N–H and O–H groups in total. The van der Waals surface area contributed by atoms with Crippen molar-refractivity contribution in [2.45, 2.75) is 38.7 Å². The van der Waals surface area contributed by atoms with Crippen LogP contribution in [0.15, 0.2) is 18.2 Å². The molecule has 0 aliphatic carbocycles. The fourth-order valence-corrected chi connectivity index (χ4v) is 2.66.